The van der Waals surface area contributed by atoms with Gasteiger partial charge in [0.15, 0.2) is 9.84 Å². The lowest BCUT2D eigenvalue weighted by atomic mass is 10.1. The fraction of sp³-hybridized carbons (Fsp3) is 0.350. The number of anilines is 1. The number of amides is 1. The molecule has 29 heavy (non-hydrogen) atoms. The van der Waals surface area contributed by atoms with Crippen LogP contribution < -0.4 is 14.8 Å². The third-order valence-electron chi connectivity index (χ3n) is 4.61. The summed E-state index contributed by atoms with van der Waals surface area (Å²) in [7, 11) is -0.615. The van der Waals surface area contributed by atoms with Crippen LogP contribution >= 0.6 is 13.5 Å². The largest absolute Gasteiger partial charge is 0.496 e. The number of sulfone groups is 1. The van der Waals surface area contributed by atoms with Gasteiger partial charge in [-0.25, -0.2) is 8.42 Å². The van der Waals surface area contributed by atoms with E-state index in [4.69, 9.17) is 14.2 Å². The van der Waals surface area contributed by atoms with Crippen LogP contribution in [0.2, 0.25) is 0 Å². The van der Waals surface area contributed by atoms with Crippen molar-refractivity contribution >= 4 is 34.9 Å². The number of carbonyl (C=O) groups excluding carboxylic acids is 1. The van der Waals surface area contributed by atoms with E-state index in [9.17, 15) is 13.2 Å². The topological polar surface area (TPSA) is 90.9 Å². The first-order valence-electron chi connectivity index (χ1n) is 8.87. The molecule has 7 nitrogen and oxygen atoms in total. The number of benzene rings is 2. The van der Waals surface area contributed by atoms with Crippen LogP contribution in [0.5, 0.6) is 11.5 Å². The summed E-state index contributed by atoms with van der Waals surface area (Å²) in [6.45, 7) is 1.02. The molecule has 2 aromatic carbocycles. The highest BCUT2D eigenvalue weighted by molar-refractivity contribution is 7.91. The van der Waals surface area contributed by atoms with Gasteiger partial charge >= 0.3 is 0 Å². The molecule has 1 N–H and O–H groups in total. The Balaban J connectivity index is 0.00000300. The minimum atomic E-state index is -3.55. The van der Waals surface area contributed by atoms with Crippen molar-refractivity contribution in [1.29, 1.82) is 0 Å². The van der Waals surface area contributed by atoms with Crippen LogP contribution in [-0.4, -0.2) is 47.5 Å². The summed E-state index contributed by atoms with van der Waals surface area (Å²) in [6, 6.07) is 11.3. The van der Waals surface area contributed by atoms with Crippen LogP contribution in [0.25, 0.3) is 0 Å². The number of carbonyl (C=O) groups is 1. The molecule has 158 valence electrons. The molecule has 0 radical (unpaired) electrons. The van der Waals surface area contributed by atoms with E-state index in [2.05, 4.69) is 5.32 Å². The number of ether oxygens (including phenoxy) is 3. The predicted octanol–water partition coefficient (Wildman–Crippen LogP) is 2.88. The van der Waals surface area contributed by atoms with Gasteiger partial charge in [-0.2, -0.15) is 13.5 Å². The van der Waals surface area contributed by atoms with Crippen LogP contribution in [0.1, 0.15) is 16.8 Å². The van der Waals surface area contributed by atoms with Crippen molar-refractivity contribution in [1.82, 2.24) is 0 Å². The summed E-state index contributed by atoms with van der Waals surface area (Å²) >= 11 is 0. The van der Waals surface area contributed by atoms with E-state index in [1.165, 1.54) is 32.4 Å². The first-order chi connectivity index (χ1) is 13.4. The monoisotopic (exact) mass is 439 g/mol. The standard InChI is InChI=1S/C20H23NO6S.H2S/c1-25-18-8-7-15(28(23,24)13-14-9-10-27-12-14)11-16(18)20(22)21-17-5-3-4-6-19(17)26-2;/h3-8,11,14H,9-10,12-13H2,1-2H3,(H,21,22);1H2/t14-;/m0./s1. The van der Waals surface area contributed by atoms with Crippen LogP contribution in [-0.2, 0) is 14.6 Å². The number of nitrogens with one attached hydrogen (secondary N) is 1. The SMILES string of the molecule is COc1ccccc1NC(=O)c1cc(S(=O)(=O)C[C@H]2CCOC2)ccc1OC.S. The lowest BCUT2D eigenvalue weighted by molar-refractivity contribution is 0.102. The molecule has 2 aromatic rings. The first-order valence-corrected chi connectivity index (χ1v) is 10.5. The molecular weight excluding hydrogens is 414 g/mol. The highest BCUT2D eigenvalue weighted by Gasteiger charge is 2.26. The average molecular weight is 440 g/mol. The van der Waals surface area contributed by atoms with Gasteiger partial charge in [0.2, 0.25) is 0 Å². The molecule has 1 atom stereocenters. The van der Waals surface area contributed by atoms with Crippen molar-refractivity contribution in [3.63, 3.8) is 0 Å². The molecule has 1 fully saturated rings. The first kappa shape index (κ1) is 23.1. The lowest BCUT2D eigenvalue weighted by Gasteiger charge is -2.14. The molecule has 1 aliphatic heterocycles. The minimum Gasteiger partial charge on any atom is -0.496 e. The molecule has 0 spiro atoms. The van der Waals surface area contributed by atoms with Crippen molar-refractivity contribution in [2.24, 2.45) is 5.92 Å². The van der Waals surface area contributed by atoms with Gasteiger partial charge in [0.25, 0.3) is 5.91 Å². The van der Waals surface area contributed by atoms with Crippen LogP contribution in [0.3, 0.4) is 0 Å². The zero-order chi connectivity index (χ0) is 20.1. The summed E-state index contributed by atoms with van der Waals surface area (Å²) in [5.74, 6) is 0.267. The normalized spacial score (nSPS) is 16.0. The predicted molar refractivity (Wildman–Crippen MR) is 115 cm³/mol. The Bertz CT molecular complexity index is 955. The summed E-state index contributed by atoms with van der Waals surface area (Å²) in [4.78, 5) is 12.9. The molecule has 0 aromatic heterocycles. The van der Waals surface area contributed by atoms with Crippen LogP contribution in [0.4, 0.5) is 5.69 Å². The summed E-state index contributed by atoms with van der Waals surface area (Å²) in [5.41, 5.74) is 0.616. The van der Waals surface area contributed by atoms with Gasteiger partial charge in [-0.05, 0) is 42.7 Å². The number of methoxy groups -OCH3 is 2. The zero-order valence-corrected chi connectivity index (χ0v) is 18.1. The van der Waals surface area contributed by atoms with Crippen molar-refractivity contribution in [2.45, 2.75) is 11.3 Å². The second-order valence-electron chi connectivity index (χ2n) is 6.53. The van der Waals surface area contributed by atoms with Gasteiger partial charge in [-0.15, -0.1) is 0 Å². The van der Waals surface area contributed by atoms with E-state index in [0.717, 1.165) is 6.42 Å². The highest BCUT2D eigenvalue weighted by atomic mass is 32.2. The Kier molecular flexibility index (Phi) is 7.95. The molecule has 0 aliphatic carbocycles. The average Bonchev–Trinajstić information content (AvgIpc) is 3.20. The number of rotatable bonds is 7. The zero-order valence-electron chi connectivity index (χ0n) is 16.3. The third kappa shape index (κ3) is 5.43. The lowest BCUT2D eigenvalue weighted by Crippen LogP contribution is -2.18. The highest BCUT2D eigenvalue weighted by Crippen LogP contribution is 2.28. The van der Waals surface area contributed by atoms with Crippen molar-refractivity contribution < 1.29 is 27.4 Å². The Morgan fingerprint density at radius 2 is 1.86 bits per heavy atom. The maximum atomic E-state index is 12.8. The Labute approximate surface area is 177 Å². The maximum Gasteiger partial charge on any atom is 0.259 e. The molecule has 3 rings (SSSR count). The van der Waals surface area contributed by atoms with E-state index in [1.807, 2.05) is 0 Å². The number of para-hydroxylation sites is 2. The van der Waals surface area contributed by atoms with Gasteiger partial charge in [-0.1, -0.05) is 12.1 Å². The third-order valence-corrected chi connectivity index (χ3v) is 6.49. The minimum absolute atomic E-state index is 0. The van der Waals surface area contributed by atoms with E-state index in [1.54, 1.807) is 24.3 Å². The molecule has 1 heterocycles. The molecule has 9 heteroatoms. The summed E-state index contributed by atoms with van der Waals surface area (Å²) in [6.07, 6.45) is 0.719. The van der Waals surface area contributed by atoms with Crippen molar-refractivity contribution in [3.05, 3.63) is 48.0 Å². The van der Waals surface area contributed by atoms with Gasteiger partial charge in [0, 0.05) is 6.61 Å². The summed E-state index contributed by atoms with van der Waals surface area (Å²) in [5, 5.41) is 2.75. The van der Waals surface area contributed by atoms with Gasteiger partial charge in [-0.3, -0.25) is 4.79 Å². The van der Waals surface area contributed by atoms with Crippen molar-refractivity contribution in [3.8, 4) is 11.5 Å². The molecule has 1 saturated heterocycles. The van der Waals surface area contributed by atoms with E-state index in [-0.39, 0.29) is 41.4 Å². The smallest absolute Gasteiger partial charge is 0.259 e. The van der Waals surface area contributed by atoms with Crippen LogP contribution in [0, 0.1) is 5.92 Å². The molecule has 1 aliphatic rings. The molecule has 0 saturated carbocycles. The Hall–Kier alpha value is -2.23. The van der Waals surface area contributed by atoms with Crippen LogP contribution in [0.15, 0.2) is 47.4 Å². The molecule has 0 bridgehead atoms. The fourth-order valence-corrected chi connectivity index (χ4v) is 4.77. The van der Waals surface area contributed by atoms with E-state index in [0.29, 0.717) is 24.7 Å². The number of hydrogen-bond donors (Lipinski definition) is 1. The Morgan fingerprint density at radius 3 is 2.52 bits per heavy atom. The van der Waals surface area contributed by atoms with E-state index < -0.39 is 15.7 Å². The number of hydrogen-bond acceptors (Lipinski definition) is 6. The van der Waals surface area contributed by atoms with E-state index >= 15 is 0 Å². The maximum absolute atomic E-state index is 12.8. The van der Waals surface area contributed by atoms with Gasteiger partial charge < -0.3 is 19.5 Å². The Morgan fingerprint density at radius 1 is 1.14 bits per heavy atom. The second-order valence-corrected chi connectivity index (χ2v) is 8.56. The fourth-order valence-electron chi connectivity index (χ4n) is 3.12. The second kappa shape index (κ2) is 10.00. The van der Waals surface area contributed by atoms with Gasteiger partial charge in [0.1, 0.15) is 11.5 Å². The summed E-state index contributed by atoms with van der Waals surface area (Å²) < 4.78 is 41.3. The molecule has 0 unspecified atom stereocenters. The molecular formula is C20H25NO6S2. The van der Waals surface area contributed by atoms with Gasteiger partial charge in [0.05, 0.1) is 42.7 Å². The quantitative estimate of drug-likeness (QED) is 0.713. The van der Waals surface area contributed by atoms with Crippen molar-refractivity contribution in [2.75, 3.05) is 38.5 Å². The molecule has 1 amide bonds.